The highest BCUT2D eigenvalue weighted by molar-refractivity contribution is 6.04. The Morgan fingerprint density at radius 1 is 1.17 bits per heavy atom. The number of aromatic nitrogens is 5. The van der Waals surface area contributed by atoms with Crippen LogP contribution in [0.15, 0.2) is 49.2 Å². The molecule has 13 nitrogen and oxygen atoms in total. The number of fused-ring (bicyclic) bond motifs is 1. The van der Waals surface area contributed by atoms with Crippen LogP contribution in [0.2, 0.25) is 0 Å². The Balaban J connectivity index is 1.44. The van der Waals surface area contributed by atoms with Crippen LogP contribution in [0.4, 0.5) is 11.8 Å². The summed E-state index contributed by atoms with van der Waals surface area (Å²) in [6, 6.07) is 7.07. The molecule has 1 fully saturated rings. The number of nitrogens with two attached hydrogens (primary N) is 1. The van der Waals surface area contributed by atoms with Gasteiger partial charge in [-0.1, -0.05) is 24.8 Å². The van der Waals surface area contributed by atoms with Crippen LogP contribution in [0.3, 0.4) is 0 Å². The summed E-state index contributed by atoms with van der Waals surface area (Å²) in [7, 11) is 1.98. The number of ether oxygens (including phenoxy) is 2. The number of carbonyl (C=O) groups excluding carboxylic acids is 2. The summed E-state index contributed by atoms with van der Waals surface area (Å²) in [5.74, 6) is 0.724. The first kappa shape index (κ1) is 34.3. The molecule has 0 unspecified atom stereocenters. The molecule has 0 atom stereocenters. The smallest absolute Gasteiger partial charge is 0.276 e. The van der Waals surface area contributed by atoms with E-state index in [0.717, 1.165) is 61.9 Å². The fraction of sp³-hybridized carbons (Fsp3) is 0.400. The maximum Gasteiger partial charge on any atom is 0.276 e. The number of carbonyl (C=O) groups is 2. The van der Waals surface area contributed by atoms with Crippen molar-refractivity contribution in [3.05, 3.63) is 77.3 Å². The fourth-order valence-corrected chi connectivity index (χ4v) is 5.79. The Hall–Kier alpha value is -5.01. The Labute approximate surface area is 281 Å². The van der Waals surface area contributed by atoms with Crippen molar-refractivity contribution in [2.45, 2.75) is 40.3 Å². The molecule has 3 aromatic heterocycles. The molecular weight excluding hydrogens is 610 g/mol. The Bertz CT molecular complexity index is 1800. The second kappa shape index (κ2) is 15.7. The van der Waals surface area contributed by atoms with Gasteiger partial charge in [-0.2, -0.15) is 5.10 Å². The van der Waals surface area contributed by atoms with E-state index in [1.165, 1.54) is 0 Å². The molecule has 0 aliphatic carbocycles. The van der Waals surface area contributed by atoms with E-state index in [2.05, 4.69) is 37.8 Å². The molecule has 4 heterocycles. The van der Waals surface area contributed by atoms with E-state index in [1.807, 2.05) is 44.5 Å². The Morgan fingerprint density at radius 3 is 2.67 bits per heavy atom. The van der Waals surface area contributed by atoms with E-state index < -0.39 is 5.91 Å². The first-order valence-electron chi connectivity index (χ1n) is 16.3. The van der Waals surface area contributed by atoms with Crippen LogP contribution in [0.25, 0.3) is 17.1 Å². The lowest BCUT2D eigenvalue weighted by molar-refractivity contribution is 0.0358. The maximum atomic E-state index is 13.5. The van der Waals surface area contributed by atoms with Crippen molar-refractivity contribution in [1.29, 1.82) is 0 Å². The molecule has 1 saturated heterocycles. The average molecular weight is 656 g/mol. The van der Waals surface area contributed by atoms with Crippen molar-refractivity contribution in [2.24, 2.45) is 5.73 Å². The number of morpholine rings is 1. The van der Waals surface area contributed by atoms with Crippen LogP contribution in [0, 0.1) is 13.8 Å². The van der Waals surface area contributed by atoms with E-state index in [-0.39, 0.29) is 11.5 Å². The van der Waals surface area contributed by atoms with Crippen LogP contribution >= 0.6 is 0 Å². The lowest BCUT2D eigenvalue weighted by atomic mass is 10.1. The molecule has 0 radical (unpaired) electrons. The Morgan fingerprint density at radius 2 is 1.96 bits per heavy atom. The lowest BCUT2D eigenvalue weighted by Gasteiger charge is -2.26. The zero-order valence-electron chi connectivity index (χ0n) is 28.2. The van der Waals surface area contributed by atoms with Crippen molar-refractivity contribution in [3.63, 3.8) is 0 Å². The van der Waals surface area contributed by atoms with Crippen molar-refractivity contribution >= 4 is 40.7 Å². The molecule has 0 spiro atoms. The summed E-state index contributed by atoms with van der Waals surface area (Å²) in [6.07, 6.45) is 8.41. The first-order chi connectivity index (χ1) is 23.2. The van der Waals surface area contributed by atoms with Gasteiger partial charge >= 0.3 is 0 Å². The summed E-state index contributed by atoms with van der Waals surface area (Å²) in [5, 5.41) is 7.40. The summed E-state index contributed by atoms with van der Waals surface area (Å²) in [6.45, 7) is 15.7. The monoisotopic (exact) mass is 655 g/mol. The van der Waals surface area contributed by atoms with E-state index in [1.54, 1.807) is 35.2 Å². The zero-order chi connectivity index (χ0) is 34.2. The number of anilines is 2. The molecule has 0 saturated carbocycles. The van der Waals surface area contributed by atoms with Gasteiger partial charge in [-0.05, 0) is 62.6 Å². The number of hydrogen-bond acceptors (Lipinski definition) is 9. The highest BCUT2D eigenvalue weighted by Gasteiger charge is 2.22. The largest absolute Gasteiger partial charge is 0.491 e. The number of aryl methyl sites for hydroxylation is 3. The third kappa shape index (κ3) is 8.09. The van der Waals surface area contributed by atoms with Gasteiger partial charge in [-0.3, -0.25) is 24.5 Å². The summed E-state index contributed by atoms with van der Waals surface area (Å²) < 4.78 is 15.3. The first-order valence-corrected chi connectivity index (χ1v) is 16.3. The molecule has 1 aliphatic rings. The normalized spacial score (nSPS) is 13.7. The second-order valence-electron chi connectivity index (χ2n) is 11.8. The van der Waals surface area contributed by atoms with Crippen molar-refractivity contribution in [2.75, 3.05) is 63.3 Å². The van der Waals surface area contributed by atoms with Gasteiger partial charge in [-0.25, -0.2) is 9.97 Å². The number of allylic oxidation sites excluding steroid dienone is 1. The van der Waals surface area contributed by atoms with Crippen molar-refractivity contribution in [1.82, 2.24) is 29.2 Å². The molecule has 4 aromatic rings. The topological polar surface area (TPSA) is 146 Å². The molecular formula is C35H45N9O4. The lowest BCUT2D eigenvalue weighted by Crippen LogP contribution is -2.37. The minimum absolute atomic E-state index is 0.274. The maximum absolute atomic E-state index is 13.5. The predicted octanol–water partition coefficient (Wildman–Crippen LogP) is 4.05. The van der Waals surface area contributed by atoms with Gasteiger partial charge in [0.2, 0.25) is 11.9 Å². The molecule has 3 N–H and O–H groups in total. The van der Waals surface area contributed by atoms with E-state index in [9.17, 15) is 9.59 Å². The van der Waals surface area contributed by atoms with Crippen LogP contribution in [-0.4, -0.2) is 94.1 Å². The number of likely N-dealkylation sites (N-methyl/N-ethyl adjacent to an activating group) is 1. The second-order valence-corrected chi connectivity index (χ2v) is 11.8. The number of rotatable bonds is 15. The molecule has 1 aliphatic heterocycles. The van der Waals surface area contributed by atoms with Crippen LogP contribution in [0.1, 0.15) is 51.0 Å². The number of benzene rings is 1. The third-order valence-electron chi connectivity index (χ3n) is 8.23. The van der Waals surface area contributed by atoms with Gasteiger partial charge in [-0.15, -0.1) is 0 Å². The van der Waals surface area contributed by atoms with Gasteiger partial charge in [0.15, 0.2) is 0 Å². The minimum Gasteiger partial charge on any atom is -0.491 e. The number of hydrogen-bond donors (Lipinski definition) is 2. The van der Waals surface area contributed by atoms with Crippen molar-refractivity contribution in [3.8, 4) is 5.75 Å². The number of nitrogens with zero attached hydrogens (tertiary/aromatic N) is 7. The standard InChI is InChI=1S/C35H45N9O4/c1-6-26-19-24(3)33(37-23-26)41(5)11-8-9-13-43-31-28(38-35(43)39-34(46)29-20-25(4)40-44(29)7-2)21-27(32(36)45)22-30(31)48-16-10-12-42-14-17-47-18-15-42/h6,8-9,19-23H,1,7,10-18H2,2-5H3,(H2,36,45)(H,38,39,46)/b9-8+. The number of amides is 2. The van der Waals surface area contributed by atoms with E-state index >= 15 is 0 Å². The van der Waals surface area contributed by atoms with Crippen LogP contribution in [0.5, 0.6) is 5.75 Å². The SMILES string of the molecule is C=Cc1cnc(N(C)C/C=C/Cn2c(NC(=O)c3cc(C)nn3CC)nc3cc(C(N)=O)cc(OCCCN4CCOCC4)c32)c(C)c1. The molecule has 48 heavy (non-hydrogen) atoms. The zero-order valence-corrected chi connectivity index (χ0v) is 28.2. The number of pyridine rings is 1. The molecule has 13 heteroatoms. The van der Waals surface area contributed by atoms with Gasteiger partial charge in [0.25, 0.3) is 5.91 Å². The quantitative estimate of drug-likeness (QED) is 0.143. The molecule has 2 amide bonds. The van der Waals surface area contributed by atoms with E-state index in [4.69, 9.17) is 20.2 Å². The fourth-order valence-electron chi connectivity index (χ4n) is 5.79. The summed E-state index contributed by atoms with van der Waals surface area (Å²) in [5.41, 5.74) is 10.3. The van der Waals surface area contributed by atoms with E-state index in [0.29, 0.717) is 54.7 Å². The number of nitrogens with one attached hydrogen (secondary N) is 1. The minimum atomic E-state index is -0.592. The van der Waals surface area contributed by atoms with Crippen LogP contribution < -0.4 is 20.7 Å². The molecule has 0 bridgehead atoms. The van der Waals surface area contributed by atoms with Gasteiger partial charge in [0.05, 0.1) is 31.0 Å². The number of primary amides is 1. The van der Waals surface area contributed by atoms with Crippen LogP contribution in [-0.2, 0) is 17.8 Å². The van der Waals surface area contributed by atoms with Gasteiger partial charge in [0, 0.05) is 58.1 Å². The average Bonchev–Trinajstić information content (AvgIpc) is 3.64. The Kier molecular flexibility index (Phi) is 11.2. The molecule has 5 rings (SSSR count). The predicted molar refractivity (Wildman–Crippen MR) is 188 cm³/mol. The van der Waals surface area contributed by atoms with Gasteiger partial charge < -0.3 is 24.7 Å². The summed E-state index contributed by atoms with van der Waals surface area (Å²) in [4.78, 5) is 39.6. The summed E-state index contributed by atoms with van der Waals surface area (Å²) >= 11 is 0. The highest BCUT2D eigenvalue weighted by atomic mass is 16.5. The van der Waals surface area contributed by atoms with Crippen molar-refractivity contribution < 1.29 is 19.1 Å². The van der Waals surface area contributed by atoms with Gasteiger partial charge in [0.1, 0.15) is 22.8 Å². The third-order valence-corrected chi connectivity index (χ3v) is 8.23. The molecule has 1 aromatic carbocycles. The highest BCUT2D eigenvalue weighted by Crippen LogP contribution is 2.31. The molecule has 254 valence electrons. The number of imidazole rings is 1.